The van der Waals surface area contributed by atoms with E-state index in [1.54, 1.807) is 58.6 Å². The standard InChI is InChI=1S/C37H52F3N3O2/c1-22(2)21-43(35(44)45-36(11,12)13)27(8)15-24(5)16-31(23(3)4)34(29(10)42-14)33(37(38,39)40)18-26(7)32-19-30(20-41)17-25(6)28(32)9/h17-19,22,26-27H,3,5,15-16,21H2,1-2,4,6-14H3/b33-18+,34-31+,42-29-/t26?,27-/m1/s1. The number of halogens is 3. The van der Waals surface area contributed by atoms with Gasteiger partial charge in [-0.05, 0) is 109 Å². The van der Waals surface area contributed by atoms with Crippen molar-refractivity contribution in [1.82, 2.24) is 4.90 Å². The molecular weight excluding hydrogens is 575 g/mol. The van der Waals surface area contributed by atoms with E-state index in [0.29, 0.717) is 40.8 Å². The number of alkyl halides is 3. The molecule has 0 aliphatic carbocycles. The van der Waals surface area contributed by atoms with Crippen LogP contribution in [0.3, 0.4) is 0 Å². The Balaban J connectivity index is 3.74. The molecule has 1 amide bonds. The predicted molar refractivity (Wildman–Crippen MR) is 180 cm³/mol. The molecule has 0 saturated carbocycles. The van der Waals surface area contributed by atoms with Gasteiger partial charge in [-0.2, -0.15) is 18.4 Å². The summed E-state index contributed by atoms with van der Waals surface area (Å²) in [5.74, 6) is -0.474. The highest BCUT2D eigenvalue weighted by molar-refractivity contribution is 6.03. The third kappa shape index (κ3) is 11.7. The van der Waals surface area contributed by atoms with E-state index < -0.39 is 29.4 Å². The van der Waals surface area contributed by atoms with Gasteiger partial charge in [0.15, 0.2) is 0 Å². The fourth-order valence-corrected chi connectivity index (χ4v) is 5.22. The number of aryl methyl sites for hydroxylation is 1. The summed E-state index contributed by atoms with van der Waals surface area (Å²) in [5, 5.41) is 9.49. The summed E-state index contributed by atoms with van der Waals surface area (Å²) in [5.41, 5.74) is 2.94. The first-order valence-electron chi connectivity index (χ1n) is 15.3. The van der Waals surface area contributed by atoms with E-state index in [9.17, 15) is 23.2 Å². The maximum Gasteiger partial charge on any atom is 0.416 e. The van der Waals surface area contributed by atoms with Crippen molar-refractivity contribution in [2.24, 2.45) is 10.9 Å². The number of aliphatic imine (C=N–C) groups is 1. The van der Waals surface area contributed by atoms with E-state index in [2.05, 4.69) is 24.2 Å². The second-order valence-electron chi connectivity index (χ2n) is 13.4. The van der Waals surface area contributed by atoms with Crippen LogP contribution in [0, 0.1) is 31.1 Å². The Morgan fingerprint density at radius 3 is 2.13 bits per heavy atom. The third-order valence-corrected chi connectivity index (χ3v) is 7.57. The van der Waals surface area contributed by atoms with Crippen LogP contribution in [0.25, 0.3) is 0 Å². The second-order valence-corrected chi connectivity index (χ2v) is 13.4. The van der Waals surface area contributed by atoms with Crippen LogP contribution in [0.4, 0.5) is 18.0 Å². The van der Waals surface area contributed by atoms with Gasteiger partial charge in [0.25, 0.3) is 0 Å². The first-order valence-corrected chi connectivity index (χ1v) is 15.3. The number of nitrogens with zero attached hydrogens (tertiary/aromatic N) is 3. The summed E-state index contributed by atoms with van der Waals surface area (Å²) >= 11 is 0. The normalized spacial score (nSPS) is 14.8. The summed E-state index contributed by atoms with van der Waals surface area (Å²) in [7, 11) is 1.47. The lowest BCUT2D eigenvalue weighted by molar-refractivity contribution is -0.0892. The van der Waals surface area contributed by atoms with Crippen LogP contribution in [0.15, 0.2) is 64.2 Å². The van der Waals surface area contributed by atoms with Crippen molar-refractivity contribution < 1.29 is 22.7 Å². The Kier molecular flexibility index (Phi) is 14.1. The van der Waals surface area contributed by atoms with Crippen LogP contribution >= 0.6 is 0 Å². The summed E-state index contributed by atoms with van der Waals surface area (Å²) in [6.45, 7) is 28.7. The quantitative estimate of drug-likeness (QED) is 0.132. The molecule has 0 saturated heterocycles. The fourth-order valence-electron chi connectivity index (χ4n) is 5.22. The molecule has 1 aromatic carbocycles. The first-order chi connectivity index (χ1) is 20.5. The van der Waals surface area contributed by atoms with E-state index in [1.165, 1.54) is 13.1 Å². The molecule has 0 heterocycles. The molecule has 2 atom stereocenters. The number of amides is 1. The average Bonchev–Trinajstić information content (AvgIpc) is 2.89. The van der Waals surface area contributed by atoms with Gasteiger partial charge in [-0.15, -0.1) is 0 Å². The van der Waals surface area contributed by atoms with Crippen molar-refractivity contribution in [2.45, 2.75) is 113 Å². The average molecular weight is 628 g/mol. The van der Waals surface area contributed by atoms with Crippen molar-refractivity contribution >= 4 is 11.8 Å². The van der Waals surface area contributed by atoms with Crippen molar-refractivity contribution in [3.8, 4) is 6.07 Å². The number of ether oxygens (including phenoxy) is 1. The van der Waals surface area contributed by atoms with Crippen molar-refractivity contribution in [3.63, 3.8) is 0 Å². The molecule has 0 fully saturated rings. The minimum atomic E-state index is -4.70. The number of benzene rings is 1. The molecule has 8 heteroatoms. The molecule has 45 heavy (non-hydrogen) atoms. The molecule has 1 aromatic rings. The smallest absolute Gasteiger partial charge is 0.416 e. The number of hydrogen-bond acceptors (Lipinski definition) is 4. The Hall–Kier alpha value is -3.60. The van der Waals surface area contributed by atoms with E-state index in [0.717, 1.165) is 11.1 Å². The molecule has 248 valence electrons. The highest BCUT2D eigenvalue weighted by Gasteiger charge is 2.39. The predicted octanol–water partition coefficient (Wildman–Crippen LogP) is 10.3. The van der Waals surface area contributed by atoms with Crippen molar-refractivity contribution in [1.29, 1.82) is 5.26 Å². The maximum atomic E-state index is 15.0. The minimum Gasteiger partial charge on any atom is -0.444 e. The first kappa shape index (κ1) is 39.4. The zero-order chi connectivity index (χ0) is 35.0. The van der Waals surface area contributed by atoms with E-state index in [4.69, 9.17) is 4.74 Å². The van der Waals surface area contributed by atoms with Crippen LogP contribution in [0.1, 0.15) is 103 Å². The Morgan fingerprint density at radius 1 is 1.11 bits per heavy atom. The molecule has 0 radical (unpaired) electrons. The van der Waals surface area contributed by atoms with E-state index in [1.807, 2.05) is 34.6 Å². The van der Waals surface area contributed by atoms with Gasteiger partial charge in [0.1, 0.15) is 5.60 Å². The summed E-state index contributed by atoms with van der Waals surface area (Å²) in [6, 6.07) is 5.18. The van der Waals surface area contributed by atoms with Crippen LogP contribution in [-0.4, -0.2) is 48.1 Å². The Bertz CT molecular complexity index is 1400. The zero-order valence-corrected chi connectivity index (χ0v) is 29.3. The number of allylic oxidation sites excluding steroid dienone is 5. The van der Waals surface area contributed by atoms with Crippen LogP contribution in [0.5, 0.6) is 0 Å². The van der Waals surface area contributed by atoms with Crippen LogP contribution < -0.4 is 0 Å². The number of rotatable bonds is 12. The SMILES string of the molecule is C=C(C/C(C(=C)C)=C(C(/C)=N\C)\C(=C/C(C)c1cc(C#N)cc(C)c1C)C(F)(F)F)C[C@@H](C)N(CC(C)C)C(=O)OC(C)(C)C. The molecule has 5 nitrogen and oxygen atoms in total. The summed E-state index contributed by atoms with van der Waals surface area (Å²) < 4.78 is 50.6. The van der Waals surface area contributed by atoms with E-state index in [-0.39, 0.29) is 29.7 Å². The lowest BCUT2D eigenvalue weighted by atomic mass is 9.84. The van der Waals surface area contributed by atoms with Gasteiger partial charge in [-0.25, -0.2) is 4.79 Å². The maximum absolute atomic E-state index is 15.0. The topological polar surface area (TPSA) is 65.7 Å². The Morgan fingerprint density at radius 2 is 1.69 bits per heavy atom. The van der Waals surface area contributed by atoms with Gasteiger partial charge >= 0.3 is 12.3 Å². The molecule has 0 spiro atoms. The fraction of sp³-hybridized carbons (Fsp3) is 0.541. The molecule has 0 aliphatic rings. The van der Waals surface area contributed by atoms with Gasteiger partial charge in [0, 0.05) is 36.8 Å². The molecule has 0 aromatic heterocycles. The highest BCUT2D eigenvalue weighted by atomic mass is 19.4. The monoisotopic (exact) mass is 627 g/mol. The number of carbonyl (C=O) groups excluding carboxylic acids is 1. The van der Waals surface area contributed by atoms with Crippen LogP contribution in [-0.2, 0) is 4.74 Å². The van der Waals surface area contributed by atoms with Gasteiger partial charge in [-0.3, -0.25) is 4.99 Å². The molecule has 1 rings (SSSR count). The van der Waals surface area contributed by atoms with Crippen molar-refractivity contribution in [2.75, 3.05) is 13.6 Å². The highest BCUT2D eigenvalue weighted by Crippen LogP contribution is 2.40. The molecule has 0 aliphatic heterocycles. The zero-order valence-electron chi connectivity index (χ0n) is 29.3. The van der Waals surface area contributed by atoms with Gasteiger partial charge < -0.3 is 9.64 Å². The number of hydrogen-bond donors (Lipinski definition) is 0. The van der Waals surface area contributed by atoms with E-state index >= 15 is 0 Å². The minimum absolute atomic E-state index is 0.0323. The second kappa shape index (κ2) is 16.1. The lowest BCUT2D eigenvalue weighted by Gasteiger charge is -2.33. The number of carbonyl (C=O) groups is 1. The third-order valence-electron chi connectivity index (χ3n) is 7.57. The molecule has 0 bridgehead atoms. The van der Waals surface area contributed by atoms with Crippen molar-refractivity contribution in [3.05, 3.63) is 81.5 Å². The number of nitriles is 1. The molecular formula is C37H52F3N3O2. The summed E-state index contributed by atoms with van der Waals surface area (Å²) in [6.07, 6.45) is -3.45. The van der Waals surface area contributed by atoms with Gasteiger partial charge in [-0.1, -0.05) is 51.2 Å². The lowest BCUT2D eigenvalue weighted by Crippen LogP contribution is -2.44. The molecule has 1 unspecified atom stereocenters. The van der Waals surface area contributed by atoms with Gasteiger partial charge in [0.05, 0.1) is 17.2 Å². The van der Waals surface area contributed by atoms with Gasteiger partial charge in [0.2, 0.25) is 0 Å². The molecule has 0 N–H and O–H groups in total. The summed E-state index contributed by atoms with van der Waals surface area (Å²) in [4.78, 5) is 18.9. The van der Waals surface area contributed by atoms with Crippen LogP contribution in [0.2, 0.25) is 0 Å². The largest absolute Gasteiger partial charge is 0.444 e. The Labute approximate surface area is 269 Å².